The molecule has 3 rings (SSSR count). The molecule has 2 N–H and O–H groups in total. The summed E-state index contributed by atoms with van der Waals surface area (Å²) in [6.45, 7) is 5.75. The summed E-state index contributed by atoms with van der Waals surface area (Å²) in [5.41, 5.74) is 0.450. The quantitative estimate of drug-likeness (QED) is 0.863. The largest absolute Gasteiger partial charge is 0.377 e. The Balaban J connectivity index is 1.52. The number of ether oxygens (including phenoxy) is 1. The van der Waals surface area contributed by atoms with Crippen LogP contribution >= 0.6 is 0 Å². The Kier molecular flexibility index (Phi) is 4.57. The zero-order chi connectivity index (χ0) is 17.2. The number of carbonyl (C=O) groups is 1. The van der Waals surface area contributed by atoms with Crippen LogP contribution in [0.1, 0.15) is 20.3 Å². The lowest BCUT2D eigenvalue weighted by Gasteiger charge is -2.25. The Bertz CT molecular complexity index is 713. The molecule has 0 bridgehead atoms. The zero-order valence-electron chi connectivity index (χ0n) is 14.3. The maximum atomic E-state index is 12.2. The van der Waals surface area contributed by atoms with Crippen LogP contribution in [0.2, 0.25) is 0 Å². The number of hydrogen-bond acceptors (Lipinski definition) is 5. The van der Waals surface area contributed by atoms with Gasteiger partial charge in [-0.1, -0.05) is 0 Å². The molecule has 1 aliphatic heterocycles. The molecule has 2 amide bonds. The number of imidazole rings is 1. The van der Waals surface area contributed by atoms with Gasteiger partial charge in [0.1, 0.15) is 5.82 Å². The monoisotopic (exact) mass is 332 g/mol. The minimum Gasteiger partial charge on any atom is -0.377 e. The lowest BCUT2D eigenvalue weighted by Crippen LogP contribution is -2.46. The highest BCUT2D eigenvalue weighted by molar-refractivity contribution is 5.74. The summed E-state index contributed by atoms with van der Waals surface area (Å²) in [6.07, 6.45) is 4.42. The number of nitrogens with zero attached hydrogens (tertiary/aromatic N) is 4. The highest BCUT2D eigenvalue weighted by atomic mass is 16.5. The third-order valence-electron chi connectivity index (χ3n) is 4.30. The number of anilines is 1. The number of hydrogen-bond donors (Lipinski definition) is 2. The van der Waals surface area contributed by atoms with Gasteiger partial charge in [0.05, 0.1) is 5.60 Å². The normalized spacial score (nSPS) is 18.1. The van der Waals surface area contributed by atoms with Crippen LogP contribution in [-0.4, -0.2) is 63.9 Å². The molecule has 0 radical (unpaired) electrons. The van der Waals surface area contributed by atoms with Crippen LogP contribution in [0.25, 0.3) is 5.65 Å². The van der Waals surface area contributed by atoms with Crippen molar-refractivity contribution in [2.45, 2.75) is 31.9 Å². The molecule has 0 spiro atoms. The molecule has 130 valence electrons. The number of amides is 2. The van der Waals surface area contributed by atoms with Gasteiger partial charge in [-0.3, -0.25) is 0 Å². The fraction of sp³-hybridized carbons (Fsp3) is 0.562. The summed E-state index contributed by atoms with van der Waals surface area (Å²) < 4.78 is 7.05. The Labute approximate surface area is 141 Å². The topological polar surface area (TPSA) is 83.8 Å². The molecule has 1 unspecified atom stereocenters. The molecule has 0 saturated carbocycles. The Morgan fingerprint density at radius 2 is 2.29 bits per heavy atom. The Morgan fingerprint density at radius 1 is 1.46 bits per heavy atom. The van der Waals surface area contributed by atoms with E-state index >= 15 is 0 Å². The average molecular weight is 332 g/mol. The Morgan fingerprint density at radius 3 is 3.08 bits per heavy atom. The molecule has 1 saturated heterocycles. The van der Waals surface area contributed by atoms with E-state index < -0.39 is 0 Å². The first kappa shape index (κ1) is 16.5. The van der Waals surface area contributed by atoms with E-state index in [2.05, 4.69) is 20.7 Å². The van der Waals surface area contributed by atoms with E-state index in [1.54, 1.807) is 17.8 Å². The lowest BCUT2D eigenvalue weighted by atomic mass is 10.1. The molecule has 8 nitrogen and oxygen atoms in total. The van der Waals surface area contributed by atoms with E-state index in [0.29, 0.717) is 13.1 Å². The van der Waals surface area contributed by atoms with E-state index in [4.69, 9.17) is 4.74 Å². The highest BCUT2D eigenvalue weighted by Crippen LogP contribution is 2.15. The van der Waals surface area contributed by atoms with Gasteiger partial charge >= 0.3 is 6.03 Å². The predicted molar refractivity (Wildman–Crippen MR) is 91.1 cm³/mol. The smallest absolute Gasteiger partial charge is 0.317 e. The van der Waals surface area contributed by atoms with Gasteiger partial charge in [0, 0.05) is 45.2 Å². The van der Waals surface area contributed by atoms with Gasteiger partial charge in [0.25, 0.3) is 0 Å². The third kappa shape index (κ3) is 3.76. The van der Waals surface area contributed by atoms with E-state index in [-0.39, 0.29) is 17.7 Å². The van der Waals surface area contributed by atoms with Gasteiger partial charge in [0.15, 0.2) is 5.65 Å². The summed E-state index contributed by atoms with van der Waals surface area (Å²) in [4.78, 5) is 18.2. The number of methoxy groups -OCH3 is 1. The van der Waals surface area contributed by atoms with Crippen LogP contribution in [0, 0.1) is 0 Å². The predicted octanol–water partition coefficient (Wildman–Crippen LogP) is 1.35. The van der Waals surface area contributed by atoms with Crippen molar-refractivity contribution in [2.24, 2.45) is 0 Å². The minimum atomic E-state index is -0.364. The van der Waals surface area contributed by atoms with Crippen molar-refractivity contribution < 1.29 is 9.53 Å². The Hall–Kier alpha value is -2.35. The first-order valence-electron chi connectivity index (χ1n) is 8.12. The molecule has 0 aliphatic carbocycles. The molecule has 8 heteroatoms. The molecule has 2 aromatic rings. The summed E-state index contributed by atoms with van der Waals surface area (Å²) in [6, 6.07) is 3.97. The molecule has 1 aliphatic rings. The van der Waals surface area contributed by atoms with Crippen molar-refractivity contribution in [3.8, 4) is 0 Å². The molecule has 1 fully saturated rings. The second kappa shape index (κ2) is 6.64. The number of aromatic nitrogens is 3. The molecule has 3 heterocycles. The van der Waals surface area contributed by atoms with E-state index in [9.17, 15) is 4.79 Å². The molecular weight excluding hydrogens is 308 g/mol. The van der Waals surface area contributed by atoms with Gasteiger partial charge < -0.3 is 20.3 Å². The molecule has 2 aromatic heterocycles. The van der Waals surface area contributed by atoms with Gasteiger partial charge in [-0.15, -0.1) is 5.10 Å². The first-order chi connectivity index (χ1) is 11.5. The molecular formula is C16H24N6O2. The maximum Gasteiger partial charge on any atom is 0.317 e. The van der Waals surface area contributed by atoms with E-state index in [1.807, 2.05) is 37.1 Å². The van der Waals surface area contributed by atoms with Crippen molar-refractivity contribution in [2.75, 3.05) is 32.1 Å². The van der Waals surface area contributed by atoms with Gasteiger partial charge in [-0.25, -0.2) is 14.3 Å². The van der Waals surface area contributed by atoms with E-state index in [1.165, 1.54) is 0 Å². The van der Waals surface area contributed by atoms with Crippen molar-refractivity contribution in [1.29, 1.82) is 0 Å². The molecule has 0 aromatic carbocycles. The fourth-order valence-corrected chi connectivity index (χ4v) is 2.64. The van der Waals surface area contributed by atoms with Crippen LogP contribution in [0.4, 0.5) is 10.6 Å². The summed E-state index contributed by atoms with van der Waals surface area (Å²) in [7, 11) is 1.64. The first-order valence-corrected chi connectivity index (χ1v) is 8.12. The molecule has 1 atom stereocenters. The highest BCUT2D eigenvalue weighted by Gasteiger charge is 2.27. The van der Waals surface area contributed by atoms with Gasteiger partial charge in [-0.2, -0.15) is 0 Å². The van der Waals surface area contributed by atoms with Crippen molar-refractivity contribution in [1.82, 2.24) is 24.8 Å². The number of fused-ring (bicyclic) bond motifs is 1. The van der Waals surface area contributed by atoms with Crippen LogP contribution in [0.5, 0.6) is 0 Å². The number of likely N-dealkylation sites (tertiary alicyclic amines) is 1. The SMILES string of the molecule is COC(C)(C)CNC(=O)N1CCC(Nc2ccc3nccn3n2)C1. The summed E-state index contributed by atoms with van der Waals surface area (Å²) >= 11 is 0. The van der Waals surface area contributed by atoms with Gasteiger partial charge in [-0.05, 0) is 32.4 Å². The minimum absolute atomic E-state index is 0.0533. The second-order valence-electron chi connectivity index (χ2n) is 6.65. The summed E-state index contributed by atoms with van der Waals surface area (Å²) in [5, 5.41) is 10.8. The van der Waals surface area contributed by atoms with Crippen LogP contribution in [0.15, 0.2) is 24.5 Å². The van der Waals surface area contributed by atoms with Gasteiger partial charge in [0.2, 0.25) is 0 Å². The molecule has 24 heavy (non-hydrogen) atoms. The second-order valence-corrected chi connectivity index (χ2v) is 6.65. The lowest BCUT2D eigenvalue weighted by molar-refractivity contribution is 0.0245. The average Bonchev–Trinajstić information content (AvgIpc) is 3.21. The fourth-order valence-electron chi connectivity index (χ4n) is 2.64. The van der Waals surface area contributed by atoms with Crippen molar-refractivity contribution in [3.05, 3.63) is 24.5 Å². The van der Waals surface area contributed by atoms with Crippen LogP contribution in [0.3, 0.4) is 0 Å². The number of nitrogens with one attached hydrogen (secondary N) is 2. The summed E-state index contributed by atoms with van der Waals surface area (Å²) in [5.74, 6) is 0.785. The number of carbonyl (C=O) groups excluding carboxylic acids is 1. The maximum absolute atomic E-state index is 12.2. The van der Waals surface area contributed by atoms with Crippen molar-refractivity contribution >= 4 is 17.5 Å². The van der Waals surface area contributed by atoms with Crippen LogP contribution in [-0.2, 0) is 4.74 Å². The zero-order valence-corrected chi connectivity index (χ0v) is 14.3. The number of rotatable bonds is 5. The third-order valence-corrected chi connectivity index (χ3v) is 4.30. The standard InChI is InChI=1S/C16H24N6O2/c1-16(2,24-3)11-18-15(23)21-8-6-12(10-21)19-13-4-5-14-17-7-9-22(14)20-13/h4-5,7,9,12H,6,8,10-11H2,1-3H3,(H,18,23)(H,19,20). The van der Waals surface area contributed by atoms with Crippen molar-refractivity contribution in [3.63, 3.8) is 0 Å². The van der Waals surface area contributed by atoms with E-state index in [0.717, 1.165) is 24.4 Å². The van der Waals surface area contributed by atoms with Crippen LogP contribution < -0.4 is 10.6 Å². The number of urea groups is 1.